The van der Waals surface area contributed by atoms with Crippen molar-refractivity contribution < 1.29 is 13.2 Å². The molecule has 2 heterocycles. The first-order chi connectivity index (χ1) is 11.5. The zero-order valence-corrected chi connectivity index (χ0v) is 14.1. The quantitative estimate of drug-likeness (QED) is 0.773. The highest BCUT2D eigenvalue weighted by Crippen LogP contribution is 2.20. The van der Waals surface area contributed by atoms with Gasteiger partial charge >= 0.3 is 0 Å². The Morgan fingerprint density at radius 2 is 1.71 bits per heavy atom. The highest BCUT2D eigenvalue weighted by molar-refractivity contribution is 7.89. The molecule has 0 bridgehead atoms. The molecule has 0 aliphatic carbocycles. The van der Waals surface area contributed by atoms with Crippen LogP contribution in [-0.4, -0.2) is 54.9 Å². The molecule has 3 rings (SSSR count). The lowest BCUT2D eigenvalue weighted by Gasteiger charge is -2.34. The molecule has 2 aromatic rings. The predicted octanol–water partition coefficient (Wildman–Crippen LogP) is 1.19. The van der Waals surface area contributed by atoms with Gasteiger partial charge in [-0.25, -0.2) is 8.42 Å². The average Bonchev–Trinajstić information content (AvgIpc) is 2.62. The van der Waals surface area contributed by atoms with Gasteiger partial charge in [-0.3, -0.25) is 4.79 Å². The molecule has 1 aromatic carbocycles. The Bertz CT molecular complexity index is 814. The molecule has 24 heavy (non-hydrogen) atoms. The van der Waals surface area contributed by atoms with Crippen molar-refractivity contribution >= 4 is 21.6 Å². The predicted molar refractivity (Wildman–Crippen MR) is 89.5 cm³/mol. The van der Waals surface area contributed by atoms with Gasteiger partial charge in [0, 0.05) is 37.9 Å². The number of hydrogen-bond acceptors (Lipinski definition) is 6. The van der Waals surface area contributed by atoms with Crippen LogP contribution >= 0.6 is 0 Å². The highest BCUT2D eigenvalue weighted by Gasteiger charge is 2.28. The lowest BCUT2D eigenvalue weighted by atomic mass is 10.2. The molecule has 0 atom stereocenters. The largest absolute Gasteiger partial charge is 0.352 e. The first-order valence-corrected chi connectivity index (χ1v) is 9.06. The molecule has 7 nitrogen and oxygen atoms in total. The molecular formula is C16H18N4O3S. The van der Waals surface area contributed by atoms with Crippen LogP contribution in [0, 0.1) is 0 Å². The van der Waals surface area contributed by atoms with Crippen molar-refractivity contribution in [3.8, 4) is 0 Å². The minimum Gasteiger partial charge on any atom is -0.352 e. The number of aromatic nitrogens is 2. The lowest BCUT2D eigenvalue weighted by molar-refractivity contribution is 0.101. The molecule has 1 saturated heterocycles. The second-order valence-corrected chi connectivity index (χ2v) is 7.49. The van der Waals surface area contributed by atoms with Crippen LogP contribution in [0.4, 0.5) is 5.82 Å². The molecule has 0 unspecified atom stereocenters. The third-order valence-corrected chi connectivity index (χ3v) is 5.93. The zero-order valence-electron chi connectivity index (χ0n) is 13.3. The zero-order chi connectivity index (χ0) is 17.2. The van der Waals surface area contributed by atoms with Crippen molar-refractivity contribution in [2.24, 2.45) is 0 Å². The lowest BCUT2D eigenvalue weighted by Crippen LogP contribution is -2.48. The highest BCUT2D eigenvalue weighted by atomic mass is 32.2. The summed E-state index contributed by atoms with van der Waals surface area (Å²) in [6, 6.07) is 9.73. The maximum Gasteiger partial charge on any atom is 0.243 e. The van der Waals surface area contributed by atoms with Crippen molar-refractivity contribution in [2.75, 3.05) is 31.1 Å². The molecule has 8 heteroatoms. The summed E-state index contributed by atoms with van der Waals surface area (Å²) in [5.74, 6) is 0.664. The van der Waals surface area contributed by atoms with Gasteiger partial charge < -0.3 is 4.90 Å². The molecule has 0 radical (unpaired) electrons. The number of ketones is 1. The normalized spacial score (nSPS) is 16.1. The van der Waals surface area contributed by atoms with E-state index in [-0.39, 0.29) is 10.7 Å². The maximum absolute atomic E-state index is 12.7. The summed E-state index contributed by atoms with van der Waals surface area (Å²) in [5.41, 5.74) is 0.501. The fourth-order valence-electron chi connectivity index (χ4n) is 2.63. The van der Waals surface area contributed by atoms with Crippen LogP contribution in [0.1, 0.15) is 17.3 Å². The van der Waals surface area contributed by atoms with E-state index in [4.69, 9.17) is 0 Å². The Labute approximate surface area is 141 Å². The number of piperazine rings is 1. The van der Waals surface area contributed by atoms with Crippen LogP contribution in [0.15, 0.2) is 47.5 Å². The fraction of sp³-hybridized carbons (Fsp3) is 0.312. The molecule has 1 aliphatic heterocycles. The minimum absolute atomic E-state index is 0.0865. The first kappa shape index (κ1) is 16.5. The van der Waals surface area contributed by atoms with E-state index in [1.54, 1.807) is 18.3 Å². The Hall–Kier alpha value is -2.32. The summed E-state index contributed by atoms with van der Waals surface area (Å²) in [5, 5.41) is 7.90. The van der Waals surface area contributed by atoms with E-state index >= 15 is 0 Å². The van der Waals surface area contributed by atoms with Crippen molar-refractivity contribution in [2.45, 2.75) is 11.8 Å². The molecule has 1 aromatic heterocycles. The van der Waals surface area contributed by atoms with Crippen molar-refractivity contribution in [1.82, 2.24) is 14.5 Å². The van der Waals surface area contributed by atoms with E-state index in [2.05, 4.69) is 10.2 Å². The van der Waals surface area contributed by atoms with Gasteiger partial charge in [0.1, 0.15) is 0 Å². The Kier molecular flexibility index (Phi) is 4.59. The second kappa shape index (κ2) is 6.66. The summed E-state index contributed by atoms with van der Waals surface area (Å²) in [4.78, 5) is 13.5. The third-order valence-electron chi connectivity index (χ3n) is 4.02. The first-order valence-electron chi connectivity index (χ1n) is 7.62. The van der Waals surface area contributed by atoms with Crippen LogP contribution < -0.4 is 4.90 Å². The van der Waals surface area contributed by atoms with E-state index < -0.39 is 10.0 Å². The number of benzene rings is 1. The molecule has 0 saturated carbocycles. The van der Waals surface area contributed by atoms with Gasteiger partial charge in [0.05, 0.1) is 4.90 Å². The van der Waals surface area contributed by atoms with Gasteiger partial charge in [-0.2, -0.15) is 9.40 Å². The molecule has 126 valence electrons. The van der Waals surface area contributed by atoms with Gasteiger partial charge in [-0.1, -0.05) is 12.1 Å². The third kappa shape index (κ3) is 3.29. The van der Waals surface area contributed by atoms with Crippen LogP contribution in [0.25, 0.3) is 0 Å². The van der Waals surface area contributed by atoms with Gasteiger partial charge in [-0.15, -0.1) is 5.10 Å². The molecule has 1 aliphatic rings. The summed E-state index contributed by atoms with van der Waals surface area (Å²) in [6.45, 7) is 3.34. The van der Waals surface area contributed by atoms with Crippen LogP contribution in [0.5, 0.6) is 0 Å². The van der Waals surface area contributed by atoms with Crippen LogP contribution in [-0.2, 0) is 10.0 Å². The maximum atomic E-state index is 12.7. The smallest absolute Gasteiger partial charge is 0.243 e. The monoisotopic (exact) mass is 346 g/mol. The van der Waals surface area contributed by atoms with E-state index in [0.29, 0.717) is 31.7 Å². The van der Waals surface area contributed by atoms with Crippen LogP contribution in [0.3, 0.4) is 0 Å². The summed E-state index contributed by atoms with van der Waals surface area (Å²) >= 11 is 0. The molecule has 0 N–H and O–H groups in total. The van der Waals surface area contributed by atoms with E-state index in [9.17, 15) is 13.2 Å². The second-order valence-electron chi connectivity index (χ2n) is 5.55. The Morgan fingerprint density at radius 3 is 2.25 bits per heavy atom. The van der Waals surface area contributed by atoms with Gasteiger partial charge in [0.2, 0.25) is 10.0 Å². The standard InChI is InChI=1S/C16H18N4O3S/c1-13(21)14-4-6-15(7-5-14)24(22,23)20-11-9-19(10-12-20)16-3-2-8-17-18-16/h2-8H,9-12H2,1H3. The van der Waals surface area contributed by atoms with Gasteiger partial charge in [0.15, 0.2) is 11.6 Å². The number of carbonyl (C=O) groups is 1. The summed E-state index contributed by atoms with van der Waals surface area (Å²) in [7, 11) is -3.55. The van der Waals surface area contributed by atoms with Crippen molar-refractivity contribution in [3.63, 3.8) is 0 Å². The average molecular weight is 346 g/mol. The van der Waals surface area contributed by atoms with E-state index in [0.717, 1.165) is 5.82 Å². The number of hydrogen-bond donors (Lipinski definition) is 0. The van der Waals surface area contributed by atoms with Crippen molar-refractivity contribution in [3.05, 3.63) is 48.2 Å². The number of Topliss-reactive ketones (excluding diaryl/α,β-unsaturated/α-hetero) is 1. The molecule has 1 fully saturated rings. The SMILES string of the molecule is CC(=O)c1ccc(S(=O)(=O)N2CCN(c3cccnn3)CC2)cc1. The Balaban J connectivity index is 1.72. The summed E-state index contributed by atoms with van der Waals surface area (Å²) in [6.07, 6.45) is 1.61. The van der Waals surface area contributed by atoms with Gasteiger partial charge in [-0.05, 0) is 31.2 Å². The molecular weight excluding hydrogens is 328 g/mol. The Morgan fingerprint density at radius 1 is 1.04 bits per heavy atom. The number of rotatable bonds is 4. The molecule has 0 amide bonds. The number of nitrogens with zero attached hydrogens (tertiary/aromatic N) is 4. The van der Waals surface area contributed by atoms with Crippen LogP contribution in [0.2, 0.25) is 0 Å². The van der Waals surface area contributed by atoms with Crippen molar-refractivity contribution in [1.29, 1.82) is 0 Å². The number of anilines is 1. The topological polar surface area (TPSA) is 83.5 Å². The summed E-state index contributed by atoms with van der Waals surface area (Å²) < 4.78 is 26.9. The van der Waals surface area contributed by atoms with E-state index in [1.165, 1.54) is 23.4 Å². The molecule has 0 spiro atoms. The number of carbonyl (C=O) groups excluding carboxylic acids is 1. The van der Waals surface area contributed by atoms with E-state index in [1.807, 2.05) is 17.0 Å². The van der Waals surface area contributed by atoms with Gasteiger partial charge in [0.25, 0.3) is 0 Å². The minimum atomic E-state index is -3.55. The fourth-order valence-corrected chi connectivity index (χ4v) is 4.05. The number of sulfonamides is 1.